The number of benzene rings is 1. The van der Waals surface area contributed by atoms with Gasteiger partial charge in [0.05, 0.1) is 40.7 Å². The van der Waals surface area contributed by atoms with Crippen LogP contribution in [0.15, 0.2) is 43.0 Å². The summed E-state index contributed by atoms with van der Waals surface area (Å²) in [6.45, 7) is 0.276. The van der Waals surface area contributed by atoms with Crippen molar-refractivity contribution in [3.05, 3.63) is 59.3 Å². The smallest absolute Gasteiger partial charge is 0.435 e. The number of hydrogen-bond acceptors (Lipinski definition) is 9. The van der Waals surface area contributed by atoms with Crippen molar-refractivity contribution in [1.82, 2.24) is 45.4 Å². The highest BCUT2D eigenvalue weighted by atomic mass is 35.5. The van der Waals surface area contributed by atoms with E-state index in [1.165, 1.54) is 35.1 Å². The maximum absolute atomic E-state index is 13.7. The molecule has 19 heteroatoms. The largest absolute Gasteiger partial charge is 0.465 e. The van der Waals surface area contributed by atoms with Crippen molar-refractivity contribution < 1.29 is 32.7 Å². The van der Waals surface area contributed by atoms with Crippen molar-refractivity contribution in [2.75, 3.05) is 38.0 Å². The summed E-state index contributed by atoms with van der Waals surface area (Å²) in [5.41, 5.74) is -0.537. The molecule has 6 N–H and O–H groups in total. The van der Waals surface area contributed by atoms with Gasteiger partial charge in [0.2, 0.25) is 5.91 Å². The first-order valence-corrected chi connectivity index (χ1v) is 13.5. The van der Waals surface area contributed by atoms with Crippen LogP contribution in [0.25, 0.3) is 16.9 Å². The van der Waals surface area contributed by atoms with Gasteiger partial charge in [0.25, 0.3) is 5.91 Å². The van der Waals surface area contributed by atoms with Gasteiger partial charge in [-0.05, 0) is 18.2 Å². The molecule has 0 radical (unpaired) electrons. The summed E-state index contributed by atoms with van der Waals surface area (Å²) in [5, 5.41) is 34.2. The van der Waals surface area contributed by atoms with Crippen LogP contribution in [-0.2, 0) is 17.5 Å². The van der Waals surface area contributed by atoms with Crippen LogP contribution >= 0.6 is 11.6 Å². The molecule has 0 aliphatic carbocycles. The van der Waals surface area contributed by atoms with Gasteiger partial charge >= 0.3 is 12.3 Å². The Morgan fingerprint density at radius 1 is 1.07 bits per heavy atom. The highest BCUT2D eigenvalue weighted by Gasteiger charge is 2.38. The number of imidazole rings is 1. The van der Waals surface area contributed by atoms with E-state index in [2.05, 4.69) is 41.7 Å². The third-order valence-corrected chi connectivity index (χ3v) is 6.35. The van der Waals surface area contributed by atoms with Gasteiger partial charge in [-0.1, -0.05) is 11.6 Å². The average molecular weight is 648 g/mol. The SMILES string of the molecule is N#CCn1cc(-c2cnc3c(Nc4ccc(C(=O)NCCNCC(=O)NCCNC(=O)O)c(Cl)c4)nccn23)c(C(F)(F)F)n1. The number of anilines is 2. The number of aromatic nitrogens is 5. The number of nitrogens with one attached hydrogen (secondary N) is 5. The Balaban J connectivity index is 1.37. The zero-order valence-corrected chi connectivity index (χ0v) is 23.9. The summed E-state index contributed by atoms with van der Waals surface area (Å²) < 4.78 is 43.4. The predicted molar refractivity (Wildman–Crippen MR) is 154 cm³/mol. The molecule has 0 aliphatic rings. The highest BCUT2D eigenvalue weighted by Crippen LogP contribution is 2.37. The molecule has 0 saturated carbocycles. The van der Waals surface area contributed by atoms with Gasteiger partial charge < -0.3 is 31.7 Å². The summed E-state index contributed by atoms with van der Waals surface area (Å²) in [6.07, 6.45) is -0.777. The molecule has 3 aromatic heterocycles. The van der Waals surface area contributed by atoms with Crippen molar-refractivity contribution in [2.24, 2.45) is 0 Å². The van der Waals surface area contributed by atoms with Crippen molar-refractivity contribution in [3.8, 4) is 17.3 Å². The average Bonchev–Trinajstić information content (AvgIpc) is 3.60. The monoisotopic (exact) mass is 647 g/mol. The highest BCUT2D eigenvalue weighted by molar-refractivity contribution is 6.34. The van der Waals surface area contributed by atoms with Gasteiger partial charge in [-0.3, -0.25) is 18.7 Å². The molecule has 0 aliphatic heterocycles. The van der Waals surface area contributed by atoms with Crippen LogP contribution in [0, 0.1) is 11.3 Å². The molecule has 0 unspecified atom stereocenters. The number of carbonyl (C=O) groups excluding carboxylic acids is 2. The first kappa shape index (κ1) is 32.5. The van der Waals surface area contributed by atoms with Crippen LogP contribution in [0.2, 0.25) is 5.02 Å². The minimum atomic E-state index is -4.77. The Kier molecular flexibility index (Phi) is 10.4. The molecule has 3 heterocycles. The Labute approximate surface area is 257 Å². The summed E-state index contributed by atoms with van der Waals surface area (Å²) >= 11 is 6.35. The number of nitrogens with zero attached hydrogens (tertiary/aromatic N) is 6. The lowest BCUT2D eigenvalue weighted by atomic mass is 10.2. The lowest BCUT2D eigenvalue weighted by Gasteiger charge is -2.11. The number of carboxylic acid groups (broad SMARTS) is 1. The maximum atomic E-state index is 13.7. The van der Waals surface area contributed by atoms with Gasteiger partial charge in [-0.15, -0.1) is 0 Å². The standard InChI is InChI=1S/C26H25ClF3N11O4/c27-18-11-15(1-2-16(18)24(43)35-5-4-32-13-20(42)33-6-7-36-25(44)45)38-22-23-37-12-19(41(23)10-8-34-22)17-14-40(9-3-31)39-21(17)26(28,29)30/h1-2,8,10-12,14,32,36H,4-7,9,13H2,(H,33,42)(H,34,38)(H,35,43)(H,44,45). The summed E-state index contributed by atoms with van der Waals surface area (Å²) in [7, 11) is 0. The number of nitriles is 1. The van der Waals surface area contributed by atoms with Crippen LogP contribution < -0.4 is 26.6 Å². The maximum Gasteiger partial charge on any atom is 0.435 e. The number of halogens is 4. The second-order valence-corrected chi connectivity index (χ2v) is 9.60. The van der Waals surface area contributed by atoms with Crippen molar-refractivity contribution in [1.29, 1.82) is 5.26 Å². The molecule has 0 atom stereocenters. The fourth-order valence-electron chi connectivity index (χ4n) is 4.09. The minimum Gasteiger partial charge on any atom is -0.465 e. The third-order valence-electron chi connectivity index (χ3n) is 6.04. The van der Waals surface area contributed by atoms with E-state index >= 15 is 0 Å². The van der Waals surface area contributed by atoms with Crippen LogP contribution in [0.1, 0.15) is 16.1 Å². The topological polar surface area (TPSA) is 203 Å². The van der Waals surface area contributed by atoms with E-state index in [-0.39, 0.29) is 78.5 Å². The van der Waals surface area contributed by atoms with Gasteiger partial charge in [-0.25, -0.2) is 14.8 Å². The molecule has 0 fully saturated rings. The molecule has 1 aromatic carbocycles. The van der Waals surface area contributed by atoms with Gasteiger partial charge in [0, 0.05) is 50.5 Å². The first-order chi connectivity index (χ1) is 21.5. The molecule has 0 bridgehead atoms. The van der Waals surface area contributed by atoms with E-state index in [1.807, 2.05) is 0 Å². The lowest BCUT2D eigenvalue weighted by Crippen LogP contribution is -2.40. The van der Waals surface area contributed by atoms with E-state index in [4.69, 9.17) is 22.0 Å². The van der Waals surface area contributed by atoms with Crippen LogP contribution in [0.3, 0.4) is 0 Å². The van der Waals surface area contributed by atoms with E-state index in [9.17, 15) is 27.6 Å². The normalized spacial score (nSPS) is 11.2. The zero-order valence-electron chi connectivity index (χ0n) is 23.2. The number of fused-ring (bicyclic) bond motifs is 1. The molecule has 3 amide bonds. The Hall–Kier alpha value is -5.41. The van der Waals surface area contributed by atoms with Crippen molar-refractivity contribution in [2.45, 2.75) is 12.7 Å². The Morgan fingerprint density at radius 2 is 1.82 bits per heavy atom. The van der Waals surface area contributed by atoms with Gasteiger partial charge in [0.1, 0.15) is 6.54 Å². The molecule has 15 nitrogen and oxygen atoms in total. The molecule has 0 spiro atoms. The lowest BCUT2D eigenvalue weighted by molar-refractivity contribution is -0.141. The Bertz CT molecular complexity index is 1750. The third kappa shape index (κ3) is 8.36. The minimum absolute atomic E-state index is 0.0306. The van der Waals surface area contributed by atoms with Gasteiger partial charge in [-0.2, -0.15) is 23.5 Å². The fourth-order valence-corrected chi connectivity index (χ4v) is 4.35. The quantitative estimate of drug-likeness (QED) is 0.117. The number of carbonyl (C=O) groups is 3. The first-order valence-electron chi connectivity index (χ1n) is 13.1. The van der Waals surface area contributed by atoms with Crippen LogP contribution in [-0.4, -0.2) is 79.9 Å². The van der Waals surface area contributed by atoms with Gasteiger partial charge in [0.15, 0.2) is 17.2 Å². The predicted octanol–water partition coefficient (Wildman–Crippen LogP) is 2.24. The second-order valence-electron chi connectivity index (χ2n) is 9.19. The van der Waals surface area contributed by atoms with Crippen molar-refractivity contribution in [3.63, 3.8) is 0 Å². The molecule has 236 valence electrons. The van der Waals surface area contributed by atoms with E-state index < -0.39 is 23.9 Å². The summed E-state index contributed by atoms with van der Waals surface area (Å²) in [4.78, 5) is 43.1. The summed E-state index contributed by atoms with van der Waals surface area (Å²) in [6, 6.07) is 6.27. The molecular weight excluding hydrogens is 623 g/mol. The number of amides is 3. The molecule has 4 rings (SSSR count). The van der Waals surface area contributed by atoms with Crippen LogP contribution in [0.4, 0.5) is 29.5 Å². The summed E-state index contributed by atoms with van der Waals surface area (Å²) in [5.74, 6) is -0.606. The number of hydrogen-bond donors (Lipinski definition) is 6. The van der Waals surface area contributed by atoms with E-state index in [0.717, 1.165) is 10.9 Å². The second kappa shape index (κ2) is 14.4. The molecule has 45 heavy (non-hydrogen) atoms. The van der Waals surface area contributed by atoms with Crippen LogP contribution in [0.5, 0.6) is 0 Å². The van der Waals surface area contributed by atoms with E-state index in [0.29, 0.717) is 5.69 Å². The molecule has 4 aromatic rings. The fraction of sp³-hybridized carbons (Fsp3) is 0.269. The number of alkyl halides is 3. The Morgan fingerprint density at radius 3 is 2.53 bits per heavy atom. The molecule has 0 saturated heterocycles. The molecular formula is C26H25ClF3N11O4. The van der Waals surface area contributed by atoms with E-state index in [1.54, 1.807) is 12.1 Å². The zero-order chi connectivity index (χ0) is 32.6. The number of rotatable bonds is 13. The van der Waals surface area contributed by atoms with Crippen molar-refractivity contribution >= 4 is 46.7 Å².